The van der Waals surface area contributed by atoms with Gasteiger partial charge >= 0.3 is 5.97 Å². The molecule has 164 valence electrons. The van der Waals surface area contributed by atoms with Crippen LogP contribution in [-0.2, 0) is 23.9 Å². The van der Waals surface area contributed by atoms with Crippen LogP contribution in [-0.4, -0.2) is 76.3 Å². The van der Waals surface area contributed by atoms with Crippen LogP contribution in [0.15, 0.2) is 0 Å². The van der Waals surface area contributed by atoms with E-state index in [1.165, 1.54) is 6.92 Å². The quantitative estimate of drug-likeness (QED) is 0.594. The van der Waals surface area contributed by atoms with Crippen molar-refractivity contribution in [3.8, 4) is 0 Å². The van der Waals surface area contributed by atoms with E-state index in [9.17, 15) is 19.2 Å². The fraction of sp³-hybridized carbons (Fsp3) is 0.818. The zero-order chi connectivity index (χ0) is 22.0. The highest BCUT2D eigenvalue weighted by Gasteiger charge is 2.81. The summed E-state index contributed by atoms with van der Waals surface area (Å²) in [6.07, 6.45) is 1.33. The van der Waals surface area contributed by atoms with Crippen LogP contribution in [0.4, 0.5) is 0 Å². The van der Waals surface area contributed by atoms with E-state index in [-0.39, 0.29) is 29.6 Å². The Kier molecular flexibility index (Phi) is 3.55. The van der Waals surface area contributed by atoms with Crippen molar-refractivity contribution in [2.75, 3.05) is 20.6 Å². The van der Waals surface area contributed by atoms with Crippen LogP contribution >= 0.6 is 0 Å². The molecule has 5 heterocycles. The average molecular weight is 418 g/mol. The van der Waals surface area contributed by atoms with Crippen molar-refractivity contribution in [1.82, 2.24) is 14.7 Å². The van der Waals surface area contributed by atoms with Crippen LogP contribution in [0.1, 0.15) is 53.4 Å². The van der Waals surface area contributed by atoms with Gasteiger partial charge in [0, 0.05) is 40.4 Å². The normalized spacial score (nSPS) is 46.1. The molecular weight excluding hydrogens is 386 g/mol. The molecule has 6 rings (SSSR count). The number of carbonyl (C=O) groups excluding carboxylic acids is 4. The van der Waals surface area contributed by atoms with Crippen LogP contribution in [0.3, 0.4) is 0 Å². The number of ether oxygens (including phenoxy) is 1. The number of carbonyl (C=O) groups is 4. The first-order valence-corrected chi connectivity index (χ1v) is 10.9. The minimum absolute atomic E-state index is 0.0199. The van der Waals surface area contributed by atoms with Crippen molar-refractivity contribution in [3.63, 3.8) is 0 Å². The molecule has 5 saturated heterocycles. The molecule has 6 atom stereocenters. The minimum Gasteiger partial charge on any atom is -0.442 e. The fourth-order valence-corrected chi connectivity index (χ4v) is 8.00. The number of amides is 3. The first-order valence-electron chi connectivity index (χ1n) is 10.9. The molecule has 5 aliphatic heterocycles. The van der Waals surface area contributed by atoms with E-state index >= 15 is 0 Å². The van der Waals surface area contributed by atoms with Gasteiger partial charge in [0.25, 0.3) is 0 Å². The number of nitrogens with zero attached hydrogens (tertiary/aromatic N) is 3. The van der Waals surface area contributed by atoms with E-state index in [1.807, 2.05) is 23.8 Å². The Hall–Kier alpha value is -2.12. The molecule has 1 saturated carbocycles. The van der Waals surface area contributed by atoms with E-state index in [1.54, 1.807) is 11.9 Å². The number of hydrogen-bond donors (Lipinski definition) is 0. The SMILES string of the molecule is CC(=O)O[C@@H]1C[C@]2(C[C@@]34CN5C(=O)C[C@H](C)[C@]5(C[C@H]3C2(C)C)C(=O)N4C)C(=O)N1C. The van der Waals surface area contributed by atoms with E-state index < -0.39 is 34.1 Å². The second-order valence-electron chi connectivity index (χ2n) is 10.9. The Labute approximate surface area is 176 Å². The predicted octanol–water partition coefficient (Wildman–Crippen LogP) is 0.992. The zero-order valence-electron chi connectivity index (χ0n) is 18.7. The highest BCUT2D eigenvalue weighted by molar-refractivity contribution is 5.98. The minimum atomic E-state index is -0.788. The molecule has 0 radical (unpaired) electrons. The molecule has 0 aromatic carbocycles. The molecule has 8 heteroatoms. The van der Waals surface area contributed by atoms with Gasteiger partial charge in [0.1, 0.15) is 5.54 Å². The number of likely N-dealkylation sites (tertiary alicyclic amines) is 1. The van der Waals surface area contributed by atoms with E-state index in [0.717, 1.165) is 0 Å². The number of fused-ring (bicyclic) bond motifs is 1. The van der Waals surface area contributed by atoms with Crippen LogP contribution in [0.5, 0.6) is 0 Å². The topological polar surface area (TPSA) is 87.2 Å². The molecule has 6 aliphatic rings. The van der Waals surface area contributed by atoms with Crippen LogP contribution < -0.4 is 0 Å². The zero-order valence-corrected chi connectivity index (χ0v) is 18.7. The number of likely N-dealkylation sites (N-methyl/N-ethyl adjacent to an activating group) is 1. The second kappa shape index (κ2) is 5.37. The maximum Gasteiger partial charge on any atom is 0.304 e. The first-order chi connectivity index (χ1) is 13.8. The Morgan fingerprint density at radius 3 is 2.40 bits per heavy atom. The van der Waals surface area contributed by atoms with E-state index in [2.05, 4.69) is 13.8 Å². The monoisotopic (exact) mass is 417 g/mol. The Morgan fingerprint density at radius 1 is 1.10 bits per heavy atom. The van der Waals surface area contributed by atoms with Gasteiger partial charge in [-0.25, -0.2) is 0 Å². The molecule has 0 aromatic heterocycles. The molecule has 0 aromatic rings. The molecular formula is C22H31N3O5. The summed E-state index contributed by atoms with van der Waals surface area (Å²) in [6, 6.07) is 0. The van der Waals surface area contributed by atoms with Crippen molar-refractivity contribution in [2.24, 2.45) is 22.7 Å². The highest BCUT2D eigenvalue weighted by atomic mass is 16.6. The summed E-state index contributed by atoms with van der Waals surface area (Å²) in [5, 5.41) is 0. The largest absolute Gasteiger partial charge is 0.442 e. The lowest BCUT2D eigenvalue weighted by atomic mass is 9.57. The van der Waals surface area contributed by atoms with Gasteiger partial charge in [0.15, 0.2) is 6.23 Å². The van der Waals surface area contributed by atoms with Gasteiger partial charge in [0.05, 0.1) is 11.0 Å². The van der Waals surface area contributed by atoms with Crippen LogP contribution in [0.25, 0.3) is 0 Å². The molecule has 1 aliphatic carbocycles. The van der Waals surface area contributed by atoms with Crippen LogP contribution in [0, 0.1) is 22.7 Å². The molecule has 0 unspecified atom stereocenters. The maximum absolute atomic E-state index is 13.7. The third-order valence-corrected chi connectivity index (χ3v) is 9.72. The summed E-state index contributed by atoms with van der Waals surface area (Å²) >= 11 is 0. The summed E-state index contributed by atoms with van der Waals surface area (Å²) < 4.78 is 5.48. The molecule has 30 heavy (non-hydrogen) atoms. The summed E-state index contributed by atoms with van der Waals surface area (Å²) in [4.78, 5) is 57.0. The first kappa shape index (κ1) is 19.8. The fourth-order valence-electron chi connectivity index (χ4n) is 8.00. The molecule has 8 nitrogen and oxygen atoms in total. The van der Waals surface area contributed by atoms with Gasteiger partial charge in [-0.2, -0.15) is 0 Å². The summed E-state index contributed by atoms with van der Waals surface area (Å²) in [6.45, 7) is 8.12. The number of piperidine rings is 2. The Bertz CT molecular complexity index is 901. The lowest BCUT2D eigenvalue weighted by molar-refractivity contribution is -0.192. The Morgan fingerprint density at radius 2 is 1.77 bits per heavy atom. The molecule has 3 amide bonds. The van der Waals surface area contributed by atoms with Gasteiger partial charge in [-0.05, 0) is 30.1 Å². The van der Waals surface area contributed by atoms with Gasteiger partial charge < -0.3 is 19.4 Å². The van der Waals surface area contributed by atoms with E-state index in [0.29, 0.717) is 32.2 Å². The third kappa shape index (κ3) is 1.82. The lowest BCUT2D eigenvalue weighted by Gasteiger charge is -2.64. The molecule has 2 bridgehead atoms. The van der Waals surface area contributed by atoms with Gasteiger partial charge in [-0.3, -0.25) is 19.2 Å². The highest BCUT2D eigenvalue weighted by Crippen LogP contribution is 2.72. The van der Waals surface area contributed by atoms with Gasteiger partial charge in [-0.1, -0.05) is 20.8 Å². The van der Waals surface area contributed by atoms with Crippen molar-refractivity contribution in [3.05, 3.63) is 0 Å². The number of hydrogen-bond acceptors (Lipinski definition) is 5. The van der Waals surface area contributed by atoms with Crippen molar-refractivity contribution >= 4 is 23.7 Å². The van der Waals surface area contributed by atoms with Gasteiger partial charge in [-0.15, -0.1) is 0 Å². The van der Waals surface area contributed by atoms with Crippen molar-refractivity contribution < 1.29 is 23.9 Å². The number of esters is 1. The smallest absolute Gasteiger partial charge is 0.304 e. The summed E-state index contributed by atoms with van der Waals surface area (Å²) in [5.74, 6) is -0.314. The van der Waals surface area contributed by atoms with Crippen LogP contribution in [0.2, 0.25) is 0 Å². The van der Waals surface area contributed by atoms with Crippen molar-refractivity contribution in [1.29, 1.82) is 0 Å². The number of rotatable bonds is 1. The van der Waals surface area contributed by atoms with Gasteiger partial charge in [0.2, 0.25) is 17.7 Å². The lowest BCUT2D eigenvalue weighted by Crippen LogP contribution is -2.80. The third-order valence-electron chi connectivity index (χ3n) is 9.72. The predicted molar refractivity (Wildman–Crippen MR) is 106 cm³/mol. The Balaban J connectivity index is 1.64. The van der Waals surface area contributed by atoms with Crippen molar-refractivity contribution in [2.45, 2.75) is 70.7 Å². The number of piperazine rings is 1. The summed E-state index contributed by atoms with van der Waals surface area (Å²) in [5.41, 5.74) is -2.50. The summed E-state index contributed by atoms with van der Waals surface area (Å²) in [7, 11) is 3.54. The average Bonchev–Trinajstić information content (AvgIpc) is 3.13. The van der Waals surface area contributed by atoms with E-state index in [4.69, 9.17) is 4.74 Å². The molecule has 0 N–H and O–H groups in total. The standard InChI is InChI=1S/C22H31N3O5/c1-12-7-15(27)25-11-21-10-20(9-16(30-13(2)26)23(5)17(20)28)19(3,4)14(21)8-22(12,25)18(29)24(21)6/h12,14,16H,7-11H2,1-6H3/t12-,14-,16+,20-,21+,22+/m0/s1. The molecule has 6 fully saturated rings. The maximum atomic E-state index is 13.7. The molecule has 3 spiro atoms. The second-order valence-corrected chi connectivity index (χ2v) is 10.9.